The Balaban J connectivity index is 1.27. The van der Waals surface area contributed by atoms with Gasteiger partial charge in [-0.25, -0.2) is 27.5 Å². The lowest BCUT2D eigenvalue weighted by molar-refractivity contribution is -0.605. The first-order valence-electron chi connectivity index (χ1n) is 17.8. The number of nitrogens with one attached hydrogen (secondary N) is 3. The Labute approximate surface area is 323 Å². The maximum atomic E-state index is 16.7. The highest BCUT2D eigenvalue weighted by Gasteiger charge is 2.57. The van der Waals surface area contributed by atoms with Gasteiger partial charge < -0.3 is 50.4 Å². The van der Waals surface area contributed by atoms with Crippen LogP contribution in [0.2, 0.25) is 0 Å². The first-order chi connectivity index (χ1) is 27.6. The SMILES string of the molecule is O=CC([C@H](F)Nc1ccc(Oc2ccc(F)cc2CO)cn1)C1(C(C=O)[C@H](F)Nc2ccc(Oc3ccc(F)cc3CO)cn2)CCNCC1c1cc[n+]([O-])cc1. The van der Waals surface area contributed by atoms with E-state index in [4.69, 9.17) is 9.47 Å². The zero-order valence-corrected chi connectivity index (χ0v) is 30.1. The average Bonchev–Trinajstić information content (AvgIpc) is 3.21. The van der Waals surface area contributed by atoms with Crippen LogP contribution in [0.5, 0.6) is 23.0 Å². The van der Waals surface area contributed by atoms with E-state index < -0.39 is 60.6 Å². The Morgan fingerprint density at radius 2 is 1.30 bits per heavy atom. The second-order valence-electron chi connectivity index (χ2n) is 13.3. The number of hydrogen-bond donors (Lipinski definition) is 5. The summed E-state index contributed by atoms with van der Waals surface area (Å²) >= 11 is 0. The highest BCUT2D eigenvalue weighted by atomic mass is 19.1. The molecule has 0 radical (unpaired) electrons. The maximum absolute atomic E-state index is 16.7. The number of pyridine rings is 3. The molecule has 5 N–H and O–H groups in total. The summed E-state index contributed by atoms with van der Waals surface area (Å²) in [5.41, 5.74) is -0.905. The van der Waals surface area contributed by atoms with Crippen molar-refractivity contribution >= 4 is 24.2 Å². The number of aliphatic hydroxyl groups is 2. The molecule has 0 aliphatic carbocycles. The molecule has 1 fully saturated rings. The van der Waals surface area contributed by atoms with Gasteiger partial charge in [0.2, 0.25) is 0 Å². The molecule has 4 heterocycles. The Morgan fingerprint density at radius 1 is 0.807 bits per heavy atom. The number of nitrogens with zero attached hydrogens (tertiary/aromatic N) is 3. The molecule has 298 valence electrons. The molecule has 5 aromatic rings. The van der Waals surface area contributed by atoms with Crippen molar-refractivity contribution in [2.24, 2.45) is 17.3 Å². The maximum Gasteiger partial charge on any atom is 0.181 e. The fourth-order valence-corrected chi connectivity index (χ4v) is 7.27. The summed E-state index contributed by atoms with van der Waals surface area (Å²) < 4.78 is 72.7. The van der Waals surface area contributed by atoms with Crippen LogP contribution < -0.4 is 30.2 Å². The minimum absolute atomic E-state index is 0.0354. The van der Waals surface area contributed by atoms with Crippen molar-refractivity contribution in [2.75, 3.05) is 23.7 Å². The van der Waals surface area contributed by atoms with Crippen LogP contribution in [0.15, 0.2) is 97.6 Å². The fourth-order valence-electron chi connectivity index (χ4n) is 7.27. The van der Waals surface area contributed by atoms with Gasteiger partial charge in [0.05, 0.1) is 37.4 Å². The van der Waals surface area contributed by atoms with E-state index in [1.807, 2.05) is 0 Å². The normalized spacial score (nSPS) is 18.7. The minimum Gasteiger partial charge on any atom is -0.619 e. The van der Waals surface area contributed by atoms with Crippen molar-refractivity contribution in [3.8, 4) is 23.0 Å². The van der Waals surface area contributed by atoms with E-state index in [1.54, 1.807) is 0 Å². The number of piperidine rings is 1. The summed E-state index contributed by atoms with van der Waals surface area (Å²) in [6, 6.07) is 15.7. The standard InChI is InChI=1S/C40H38F4N6O7/c41-27-1-5-34(25(15-27)20-51)56-29-3-7-36(46-17-29)48-38(43)32(22-53)40(11-12-45-19-31(40)24-9-13-50(55)14-10-24)33(23-54)39(44)49-37-8-4-30(18-47-37)57-35-6-2-28(42)16-26(35)21-52/h1-10,13-18,22-23,31-33,38-39,45,51-52H,11-12,19-21H2,(H,46,48)(H,47,49)/t31?,32?,33?,38-,39-,40?/m1/s1. The molecule has 0 saturated carbocycles. The molecule has 1 aliphatic rings. The van der Waals surface area contributed by atoms with Crippen molar-refractivity contribution in [1.29, 1.82) is 0 Å². The smallest absolute Gasteiger partial charge is 0.181 e. The lowest BCUT2D eigenvalue weighted by Gasteiger charge is -2.52. The zero-order valence-electron chi connectivity index (χ0n) is 30.1. The molecule has 1 aliphatic heterocycles. The predicted octanol–water partition coefficient (Wildman–Crippen LogP) is 5.47. The number of carbonyl (C=O) groups is 2. The van der Waals surface area contributed by atoms with Gasteiger partial charge >= 0.3 is 0 Å². The number of anilines is 2. The van der Waals surface area contributed by atoms with Gasteiger partial charge in [-0.15, -0.1) is 0 Å². The molecule has 57 heavy (non-hydrogen) atoms. The van der Waals surface area contributed by atoms with Gasteiger partial charge in [-0.05, 0) is 79.2 Å². The predicted molar refractivity (Wildman–Crippen MR) is 197 cm³/mol. The van der Waals surface area contributed by atoms with E-state index in [9.17, 15) is 33.8 Å². The number of benzene rings is 2. The Kier molecular flexibility index (Phi) is 12.9. The van der Waals surface area contributed by atoms with Crippen LogP contribution in [0.4, 0.5) is 29.2 Å². The number of alkyl halides is 2. The van der Waals surface area contributed by atoms with Gasteiger partial charge in [0, 0.05) is 41.1 Å². The summed E-state index contributed by atoms with van der Waals surface area (Å²) in [7, 11) is 0. The van der Waals surface area contributed by atoms with E-state index in [0.29, 0.717) is 22.9 Å². The molecule has 3 aromatic heterocycles. The second-order valence-corrected chi connectivity index (χ2v) is 13.3. The highest BCUT2D eigenvalue weighted by molar-refractivity contribution is 5.65. The Bertz CT molecular complexity index is 2010. The molecule has 0 bridgehead atoms. The quantitative estimate of drug-likeness (QED) is 0.0264. The molecule has 6 rings (SSSR count). The van der Waals surface area contributed by atoms with E-state index in [-0.39, 0.29) is 65.3 Å². The summed E-state index contributed by atoms with van der Waals surface area (Å²) in [6.45, 7) is -0.694. The first-order valence-corrected chi connectivity index (χ1v) is 17.8. The van der Waals surface area contributed by atoms with Gasteiger partial charge in [-0.2, -0.15) is 4.73 Å². The fraction of sp³-hybridized carbons (Fsp3) is 0.275. The number of rotatable bonds is 17. The summed E-state index contributed by atoms with van der Waals surface area (Å²) in [4.78, 5) is 34.6. The number of hydrogen-bond acceptors (Lipinski definition) is 12. The third-order valence-electron chi connectivity index (χ3n) is 10.0. The molecule has 0 amide bonds. The van der Waals surface area contributed by atoms with Crippen LogP contribution in [0.25, 0.3) is 0 Å². The minimum atomic E-state index is -2.21. The summed E-state index contributed by atoms with van der Waals surface area (Å²) in [5.74, 6) is -4.71. The zero-order chi connectivity index (χ0) is 40.5. The average molecular weight is 791 g/mol. The van der Waals surface area contributed by atoms with Crippen molar-refractivity contribution in [3.63, 3.8) is 0 Å². The van der Waals surface area contributed by atoms with Crippen LogP contribution in [0, 0.1) is 34.1 Å². The topological polar surface area (TPSA) is 182 Å². The van der Waals surface area contributed by atoms with E-state index in [0.717, 1.165) is 24.3 Å². The number of ether oxygens (including phenoxy) is 2. The monoisotopic (exact) mass is 790 g/mol. The van der Waals surface area contributed by atoms with E-state index in [2.05, 4.69) is 25.9 Å². The largest absolute Gasteiger partial charge is 0.619 e. The number of halogens is 4. The Morgan fingerprint density at radius 3 is 1.72 bits per heavy atom. The molecular weight excluding hydrogens is 752 g/mol. The summed E-state index contributed by atoms with van der Waals surface area (Å²) in [6.07, 6.45) is 1.12. The molecular formula is C40H38F4N6O7. The molecule has 17 heteroatoms. The second kappa shape index (κ2) is 18.2. The van der Waals surface area contributed by atoms with Crippen LogP contribution in [0.1, 0.15) is 29.0 Å². The first kappa shape index (κ1) is 40.5. The molecule has 2 aromatic carbocycles. The number of aliphatic hydroxyl groups excluding tert-OH is 2. The van der Waals surface area contributed by atoms with Crippen LogP contribution in [-0.2, 0) is 22.8 Å². The van der Waals surface area contributed by atoms with Crippen LogP contribution >= 0.6 is 0 Å². The molecule has 5 atom stereocenters. The third-order valence-corrected chi connectivity index (χ3v) is 10.0. The summed E-state index contributed by atoms with van der Waals surface area (Å²) in [5, 5.41) is 39.5. The van der Waals surface area contributed by atoms with Gasteiger partial charge in [0.25, 0.3) is 0 Å². The number of aromatic nitrogens is 3. The lowest BCUT2D eigenvalue weighted by Crippen LogP contribution is -2.59. The van der Waals surface area contributed by atoms with Crippen molar-refractivity contribution < 1.29 is 51.6 Å². The van der Waals surface area contributed by atoms with Gasteiger partial charge in [0.15, 0.2) is 25.0 Å². The molecule has 1 saturated heterocycles. The Hall–Kier alpha value is -6.17. The van der Waals surface area contributed by atoms with Crippen molar-refractivity contribution in [1.82, 2.24) is 15.3 Å². The van der Waals surface area contributed by atoms with Crippen LogP contribution in [0.3, 0.4) is 0 Å². The van der Waals surface area contributed by atoms with Crippen LogP contribution in [-0.4, -0.2) is 58.4 Å². The lowest BCUT2D eigenvalue weighted by atomic mass is 9.54. The number of aldehydes is 2. The van der Waals surface area contributed by atoms with Gasteiger partial charge in [-0.1, -0.05) is 0 Å². The highest BCUT2D eigenvalue weighted by Crippen LogP contribution is 2.54. The van der Waals surface area contributed by atoms with Gasteiger partial charge in [0.1, 0.15) is 58.8 Å². The molecule has 0 spiro atoms. The van der Waals surface area contributed by atoms with Crippen molar-refractivity contribution in [3.05, 3.63) is 131 Å². The molecule has 3 unspecified atom stereocenters. The van der Waals surface area contributed by atoms with Gasteiger partial charge in [-0.3, -0.25) is 0 Å². The number of carbonyl (C=O) groups excluding carboxylic acids is 2. The third kappa shape index (κ3) is 9.12. The van der Waals surface area contributed by atoms with Crippen molar-refractivity contribution in [2.45, 2.75) is 38.1 Å². The van der Waals surface area contributed by atoms with E-state index in [1.165, 1.54) is 73.3 Å². The van der Waals surface area contributed by atoms with E-state index >= 15 is 8.78 Å². The molecule has 13 nitrogen and oxygen atoms in total.